The van der Waals surface area contributed by atoms with Gasteiger partial charge in [0, 0.05) is 0 Å². The minimum atomic E-state index is -0.163. The highest BCUT2D eigenvalue weighted by molar-refractivity contribution is 6.33. The number of quaternary nitrogens is 1. The van der Waals surface area contributed by atoms with Crippen molar-refractivity contribution in [2.75, 3.05) is 32.8 Å². The molecule has 1 radical (unpaired) electrons. The molecule has 4 heteroatoms. The van der Waals surface area contributed by atoms with Gasteiger partial charge in [-0.2, -0.15) is 0 Å². The molecule has 0 N–H and O–H groups in total. The van der Waals surface area contributed by atoms with Crippen molar-refractivity contribution in [3.63, 3.8) is 0 Å². The van der Waals surface area contributed by atoms with Gasteiger partial charge in [-0.25, -0.2) is 4.79 Å². The zero-order chi connectivity index (χ0) is 17.1. The van der Waals surface area contributed by atoms with Crippen LogP contribution in [-0.2, 0) is 9.53 Å². The van der Waals surface area contributed by atoms with E-state index in [2.05, 4.69) is 47.0 Å². The van der Waals surface area contributed by atoms with E-state index in [-0.39, 0.29) is 5.97 Å². The van der Waals surface area contributed by atoms with Crippen LogP contribution in [0.15, 0.2) is 23.8 Å². The van der Waals surface area contributed by atoms with Gasteiger partial charge in [0.15, 0.2) is 0 Å². The summed E-state index contributed by atoms with van der Waals surface area (Å²) >= 11 is 0. The van der Waals surface area contributed by atoms with Crippen molar-refractivity contribution in [2.45, 2.75) is 53.2 Å². The molecule has 0 saturated carbocycles. The second-order valence-corrected chi connectivity index (χ2v) is 6.63. The summed E-state index contributed by atoms with van der Waals surface area (Å²) in [7, 11) is 2.16. The molecule has 129 valence electrons. The van der Waals surface area contributed by atoms with Gasteiger partial charge in [-0.15, -0.1) is 0 Å². The summed E-state index contributed by atoms with van der Waals surface area (Å²) in [5, 5.41) is 0. The Morgan fingerprint density at radius 1 is 1.26 bits per heavy atom. The lowest BCUT2D eigenvalue weighted by Crippen LogP contribution is -2.51. The summed E-state index contributed by atoms with van der Waals surface area (Å²) in [6, 6.07) is 0. The van der Waals surface area contributed by atoms with Crippen LogP contribution >= 0.6 is 0 Å². The van der Waals surface area contributed by atoms with Gasteiger partial charge < -0.3 is 9.22 Å². The number of carbonyl (C=O) groups excluding carboxylic acids is 1. The highest BCUT2D eigenvalue weighted by Crippen LogP contribution is 2.21. The van der Waals surface area contributed by atoms with Crippen molar-refractivity contribution >= 4 is 13.2 Å². The molecule has 1 atom stereocenters. The first kappa shape index (κ1) is 20.0. The largest absolute Gasteiger partial charge is 0.456 e. The van der Waals surface area contributed by atoms with E-state index < -0.39 is 0 Å². The van der Waals surface area contributed by atoms with E-state index >= 15 is 0 Å². The predicted molar refractivity (Wildman–Crippen MR) is 98.7 cm³/mol. The van der Waals surface area contributed by atoms with E-state index in [0.717, 1.165) is 35.9 Å². The molecule has 0 aliphatic heterocycles. The normalized spacial score (nSPS) is 17.7. The van der Waals surface area contributed by atoms with Gasteiger partial charge in [0.2, 0.25) is 0 Å². The molecule has 0 saturated heterocycles. The fraction of sp³-hybridized carbons (Fsp3) is 0.737. The van der Waals surface area contributed by atoms with E-state index in [1.807, 2.05) is 6.08 Å². The fourth-order valence-electron chi connectivity index (χ4n) is 3.52. The Labute approximate surface area is 143 Å². The first-order valence-corrected chi connectivity index (χ1v) is 9.29. The molecule has 0 fully saturated rings. The third-order valence-corrected chi connectivity index (χ3v) is 4.79. The van der Waals surface area contributed by atoms with Crippen LogP contribution in [0.3, 0.4) is 0 Å². The number of hydrogen-bond donors (Lipinski definition) is 0. The lowest BCUT2D eigenvalue weighted by atomic mass is 9.70. The van der Waals surface area contributed by atoms with Crippen LogP contribution in [0.5, 0.6) is 0 Å². The van der Waals surface area contributed by atoms with Gasteiger partial charge in [-0.1, -0.05) is 45.2 Å². The molecule has 0 bridgehead atoms. The lowest BCUT2D eigenvalue weighted by Gasteiger charge is -2.37. The molecule has 0 aromatic heterocycles. The van der Waals surface area contributed by atoms with Crippen molar-refractivity contribution in [3.8, 4) is 0 Å². The molecule has 0 aromatic carbocycles. The number of nitrogens with zero attached hydrogens (tertiary/aromatic N) is 1. The van der Waals surface area contributed by atoms with Gasteiger partial charge in [-0.3, -0.25) is 0 Å². The fourth-order valence-corrected chi connectivity index (χ4v) is 3.52. The Bertz CT molecular complexity index is 412. The molecule has 1 unspecified atom stereocenters. The van der Waals surface area contributed by atoms with E-state index in [1.165, 1.54) is 25.9 Å². The second-order valence-electron chi connectivity index (χ2n) is 6.63. The highest BCUT2D eigenvalue weighted by Gasteiger charge is 2.24. The van der Waals surface area contributed by atoms with Gasteiger partial charge in [0.1, 0.15) is 20.4 Å². The van der Waals surface area contributed by atoms with E-state index in [4.69, 9.17) is 4.74 Å². The van der Waals surface area contributed by atoms with Gasteiger partial charge >= 0.3 is 5.97 Å². The summed E-state index contributed by atoms with van der Waals surface area (Å²) < 4.78 is 6.63. The molecule has 23 heavy (non-hydrogen) atoms. The average molecular weight is 319 g/mol. The van der Waals surface area contributed by atoms with Gasteiger partial charge in [0.25, 0.3) is 0 Å². The van der Waals surface area contributed by atoms with E-state index in [1.54, 1.807) is 0 Å². The van der Waals surface area contributed by atoms with Gasteiger partial charge in [-0.05, 0) is 32.1 Å². The number of allylic oxidation sites excluding steroid dienone is 2. The molecule has 0 heterocycles. The van der Waals surface area contributed by atoms with Crippen molar-refractivity contribution in [3.05, 3.63) is 23.8 Å². The summed E-state index contributed by atoms with van der Waals surface area (Å²) in [5.74, 6) is 0.280. The highest BCUT2D eigenvalue weighted by atomic mass is 16.5. The quantitative estimate of drug-likeness (QED) is 0.328. The Hall–Kier alpha value is -1.03. The molecule has 0 spiro atoms. The van der Waals surface area contributed by atoms with Crippen molar-refractivity contribution in [1.29, 1.82) is 0 Å². The third-order valence-electron chi connectivity index (χ3n) is 4.79. The number of hydrogen-bond acceptors (Lipinski definition) is 2. The Kier molecular flexibility index (Phi) is 9.31. The van der Waals surface area contributed by atoms with Crippen LogP contribution in [0.4, 0.5) is 0 Å². The topological polar surface area (TPSA) is 26.3 Å². The zero-order valence-electron chi connectivity index (χ0n) is 15.5. The Balaban J connectivity index is 2.53. The van der Waals surface area contributed by atoms with Crippen LogP contribution in [0.25, 0.3) is 0 Å². The summed E-state index contributed by atoms with van der Waals surface area (Å²) in [6.45, 7) is 13.6. The maximum Gasteiger partial charge on any atom is 0.338 e. The number of rotatable bonds is 11. The maximum absolute atomic E-state index is 12.3. The third kappa shape index (κ3) is 6.54. The average Bonchev–Trinajstić information content (AvgIpc) is 2.55. The monoisotopic (exact) mass is 319 g/mol. The minimum absolute atomic E-state index is 0.163. The van der Waals surface area contributed by atoms with Crippen molar-refractivity contribution < 1.29 is 14.0 Å². The second kappa shape index (κ2) is 10.7. The van der Waals surface area contributed by atoms with Crippen LogP contribution < -0.4 is 0 Å². The van der Waals surface area contributed by atoms with Crippen molar-refractivity contribution in [1.82, 2.24) is 0 Å². The summed E-state index contributed by atoms with van der Waals surface area (Å²) in [4.78, 5) is 12.3. The van der Waals surface area contributed by atoms with Crippen LogP contribution in [0.2, 0.25) is 13.1 Å². The van der Waals surface area contributed by atoms with E-state index in [0.29, 0.717) is 12.5 Å². The number of carbonyl (C=O) groups is 1. The first-order valence-electron chi connectivity index (χ1n) is 9.29. The van der Waals surface area contributed by atoms with Crippen LogP contribution in [-0.4, -0.2) is 50.5 Å². The Morgan fingerprint density at radius 3 is 2.52 bits per heavy atom. The summed E-state index contributed by atoms with van der Waals surface area (Å²) in [6.07, 6.45) is 10.5. The minimum Gasteiger partial charge on any atom is -0.456 e. The molecule has 0 amide bonds. The SMILES string of the molecule is C[B]CC1C=C(C(=O)OCC[N+](CC)(CCC)CCC)C=CC1. The Morgan fingerprint density at radius 2 is 1.96 bits per heavy atom. The van der Waals surface area contributed by atoms with E-state index in [9.17, 15) is 4.79 Å². The zero-order valence-corrected chi connectivity index (χ0v) is 15.5. The standard InChI is InChI=1S/C19H34BNO2/c1-5-11-21(7-3,12-6-2)13-14-23-19(22)18-10-8-9-17(15-18)16-20-4/h8,10,15,17H,5-7,9,11-14,16H2,1-4H3/q+1. The summed E-state index contributed by atoms with van der Waals surface area (Å²) in [5.41, 5.74) is 0.726. The molecule has 1 aliphatic carbocycles. The van der Waals surface area contributed by atoms with Crippen LogP contribution in [0.1, 0.15) is 40.0 Å². The maximum atomic E-state index is 12.3. The number of ether oxygens (including phenoxy) is 1. The molecule has 3 nitrogen and oxygen atoms in total. The number of likely N-dealkylation sites (N-methyl/N-ethyl adjacent to an activating group) is 1. The molecule has 0 aromatic rings. The van der Waals surface area contributed by atoms with Gasteiger partial charge in [0.05, 0.1) is 25.2 Å². The van der Waals surface area contributed by atoms with Crippen molar-refractivity contribution in [2.24, 2.45) is 5.92 Å². The van der Waals surface area contributed by atoms with Crippen LogP contribution in [0, 0.1) is 5.92 Å². The number of esters is 1. The smallest absolute Gasteiger partial charge is 0.338 e. The molecular weight excluding hydrogens is 285 g/mol. The lowest BCUT2D eigenvalue weighted by molar-refractivity contribution is -0.926. The molecular formula is C19H34BNO2+. The molecule has 1 aliphatic rings. The first-order chi connectivity index (χ1) is 11.1. The predicted octanol–water partition coefficient (Wildman–Crippen LogP) is 3.86. The molecule has 1 rings (SSSR count).